The molecule has 0 spiro atoms. The van der Waals surface area contributed by atoms with Crippen molar-refractivity contribution in [2.45, 2.75) is 38.0 Å². The standard InChI is InChI=1S/C20H24N4O2S/c1-12(2)10-15-21-17-16(19(25)24(5)20(26)23(17)4)18(22-15)27-11-14-9-7-6-8-13(14)3/h6-9,12H,10-11H2,1-5H3. The Hall–Kier alpha value is -2.41. The summed E-state index contributed by atoms with van der Waals surface area (Å²) in [6.07, 6.45) is 0.692. The van der Waals surface area contributed by atoms with E-state index in [0.29, 0.717) is 40.0 Å². The summed E-state index contributed by atoms with van der Waals surface area (Å²) < 4.78 is 2.55. The van der Waals surface area contributed by atoms with Gasteiger partial charge in [-0.25, -0.2) is 14.8 Å². The minimum atomic E-state index is -0.378. The molecule has 6 nitrogen and oxygen atoms in total. The molecule has 0 fully saturated rings. The summed E-state index contributed by atoms with van der Waals surface area (Å²) in [6, 6.07) is 8.17. The summed E-state index contributed by atoms with van der Waals surface area (Å²) in [7, 11) is 3.13. The highest BCUT2D eigenvalue weighted by molar-refractivity contribution is 7.98. The van der Waals surface area contributed by atoms with E-state index in [1.54, 1.807) is 7.05 Å². The van der Waals surface area contributed by atoms with Crippen LogP contribution in [0.3, 0.4) is 0 Å². The highest BCUT2D eigenvalue weighted by Gasteiger charge is 2.18. The minimum Gasteiger partial charge on any atom is -0.280 e. The van der Waals surface area contributed by atoms with Crippen molar-refractivity contribution in [1.82, 2.24) is 19.1 Å². The molecule has 3 aromatic rings. The third-order valence-electron chi connectivity index (χ3n) is 4.53. The second kappa shape index (κ2) is 7.68. The van der Waals surface area contributed by atoms with Crippen molar-refractivity contribution >= 4 is 22.8 Å². The number of aryl methyl sites for hydroxylation is 2. The van der Waals surface area contributed by atoms with Gasteiger partial charge in [-0.05, 0) is 24.0 Å². The second-order valence-electron chi connectivity index (χ2n) is 7.16. The molecule has 0 saturated carbocycles. The predicted molar refractivity (Wildman–Crippen MR) is 109 cm³/mol. The van der Waals surface area contributed by atoms with Crippen LogP contribution in [0, 0.1) is 12.8 Å². The predicted octanol–water partition coefficient (Wildman–Crippen LogP) is 2.83. The molecule has 3 rings (SSSR count). The minimum absolute atomic E-state index is 0.350. The van der Waals surface area contributed by atoms with E-state index < -0.39 is 0 Å². The molecule has 7 heteroatoms. The van der Waals surface area contributed by atoms with Gasteiger partial charge in [-0.15, -0.1) is 11.8 Å². The fraction of sp³-hybridized carbons (Fsp3) is 0.400. The quantitative estimate of drug-likeness (QED) is 0.500. The third kappa shape index (κ3) is 3.83. The Morgan fingerprint density at radius 2 is 1.78 bits per heavy atom. The van der Waals surface area contributed by atoms with Gasteiger partial charge in [-0.1, -0.05) is 38.1 Å². The molecule has 0 atom stereocenters. The van der Waals surface area contributed by atoms with Gasteiger partial charge >= 0.3 is 5.69 Å². The number of rotatable bonds is 5. The lowest BCUT2D eigenvalue weighted by atomic mass is 10.1. The molecule has 2 heterocycles. The topological polar surface area (TPSA) is 69.8 Å². The van der Waals surface area contributed by atoms with Crippen LogP contribution >= 0.6 is 11.8 Å². The van der Waals surface area contributed by atoms with Crippen LogP contribution in [-0.4, -0.2) is 19.1 Å². The maximum atomic E-state index is 12.8. The Labute approximate surface area is 162 Å². The zero-order chi connectivity index (χ0) is 19.7. The number of thioether (sulfide) groups is 1. The number of hydrogen-bond acceptors (Lipinski definition) is 5. The highest BCUT2D eigenvalue weighted by Crippen LogP contribution is 2.27. The number of hydrogen-bond donors (Lipinski definition) is 0. The first-order valence-electron chi connectivity index (χ1n) is 8.93. The van der Waals surface area contributed by atoms with Crippen molar-refractivity contribution in [3.8, 4) is 0 Å². The van der Waals surface area contributed by atoms with Crippen molar-refractivity contribution in [2.75, 3.05) is 0 Å². The molecule has 1 aromatic carbocycles. The van der Waals surface area contributed by atoms with Crippen molar-refractivity contribution in [1.29, 1.82) is 0 Å². The van der Waals surface area contributed by atoms with Crippen LogP contribution in [0.4, 0.5) is 0 Å². The Balaban J connectivity index is 2.18. The first-order valence-corrected chi connectivity index (χ1v) is 9.92. The van der Waals surface area contributed by atoms with Gasteiger partial charge < -0.3 is 0 Å². The molecule has 0 bridgehead atoms. The van der Waals surface area contributed by atoms with Gasteiger partial charge in [0.05, 0.1) is 0 Å². The lowest BCUT2D eigenvalue weighted by Crippen LogP contribution is -2.38. The van der Waals surface area contributed by atoms with E-state index in [4.69, 9.17) is 0 Å². The highest BCUT2D eigenvalue weighted by atomic mass is 32.2. The molecule has 0 unspecified atom stereocenters. The number of benzene rings is 1. The van der Waals surface area contributed by atoms with Crippen molar-refractivity contribution < 1.29 is 0 Å². The lowest BCUT2D eigenvalue weighted by molar-refractivity contribution is 0.613. The fourth-order valence-electron chi connectivity index (χ4n) is 2.95. The summed E-state index contributed by atoms with van der Waals surface area (Å²) >= 11 is 1.52. The van der Waals surface area contributed by atoms with Gasteiger partial charge in [0.2, 0.25) is 0 Å². The van der Waals surface area contributed by atoms with Crippen LogP contribution in [0.15, 0.2) is 38.9 Å². The Kier molecular flexibility index (Phi) is 5.51. The van der Waals surface area contributed by atoms with E-state index in [0.717, 1.165) is 4.57 Å². The van der Waals surface area contributed by atoms with Crippen LogP contribution < -0.4 is 11.2 Å². The molecule has 0 aliphatic carbocycles. The number of nitrogens with zero attached hydrogens (tertiary/aromatic N) is 4. The first kappa shape index (κ1) is 19.4. The summed E-state index contributed by atoms with van der Waals surface area (Å²) in [5.74, 6) is 1.74. The SMILES string of the molecule is Cc1ccccc1CSc1nc(CC(C)C)nc2c1c(=O)n(C)c(=O)n2C. The zero-order valence-corrected chi connectivity index (χ0v) is 17.1. The Bertz CT molecular complexity index is 1120. The summed E-state index contributed by atoms with van der Waals surface area (Å²) in [5, 5.41) is 1.04. The van der Waals surface area contributed by atoms with E-state index in [9.17, 15) is 9.59 Å². The van der Waals surface area contributed by atoms with Crippen LogP contribution in [0.1, 0.15) is 30.8 Å². The lowest BCUT2D eigenvalue weighted by Gasteiger charge is -2.13. The molecule has 27 heavy (non-hydrogen) atoms. The molecule has 0 saturated heterocycles. The smallest absolute Gasteiger partial charge is 0.280 e. The Morgan fingerprint density at radius 3 is 2.44 bits per heavy atom. The van der Waals surface area contributed by atoms with Crippen LogP contribution in [0.25, 0.3) is 11.0 Å². The van der Waals surface area contributed by atoms with Gasteiger partial charge in [0, 0.05) is 26.3 Å². The maximum absolute atomic E-state index is 12.8. The first-order chi connectivity index (χ1) is 12.8. The Morgan fingerprint density at radius 1 is 1.07 bits per heavy atom. The average Bonchev–Trinajstić information content (AvgIpc) is 2.63. The number of aromatic nitrogens is 4. The van der Waals surface area contributed by atoms with E-state index in [2.05, 4.69) is 42.9 Å². The van der Waals surface area contributed by atoms with E-state index in [-0.39, 0.29) is 11.2 Å². The largest absolute Gasteiger partial charge is 0.332 e. The number of fused-ring (bicyclic) bond motifs is 1. The van der Waals surface area contributed by atoms with Gasteiger partial charge in [0.15, 0.2) is 5.65 Å². The van der Waals surface area contributed by atoms with Gasteiger partial charge in [0.25, 0.3) is 5.56 Å². The maximum Gasteiger partial charge on any atom is 0.332 e. The molecule has 142 valence electrons. The molecular weight excluding hydrogens is 360 g/mol. The van der Waals surface area contributed by atoms with Crippen LogP contribution in [-0.2, 0) is 26.3 Å². The summed E-state index contributed by atoms with van der Waals surface area (Å²) in [5.41, 5.74) is 2.07. The van der Waals surface area contributed by atoms with Gasteiger partial charge in [-0.2, -0.15) is 0 Å². The molecule has 2 aromatic heterocycles. The molecule has 0 amide bonds. The molecule has 0 N–H and O–H groups in total. The fourth-order valence-corrected chi connectivity index (χ4v) is 4.06. The van der Waals surface area contributed by atoms with Gasteiger partial charge in [0.1, 0.15) is 16.2 Å². The molecule has 0 radical (unpaired) electrons. The van der Waals surface area contributed by atoms with E-state index >= 15 is 0 Å². The van der Waals surface area contributed by atoms with Crippen molar-refractivity contribution in [3.63, 3.8) is 0 Å². The summed E-state index contributed by atoms with van der Waals surface area (Å²) in [6.45, 7) is 6.26. The second-order valence-corrected chi connectivity index (χ2v) is 8.13. The molecule has 0 aliphatic rings. The third-order valence-corrected chi connectivity index (χ3v) is 5.55. The van der Waals surface area contributed by atoms with Crippen molar-refractivity contribution in [3.05, 3.63) is 62.1 Å². The average molecular weight is 385 g/mol. The summed E-state index contributed by atoms with van der Waals surface area (Å²) in [4.78, 5) is 34.3. The van der Waals surface area contributed by atoms with E-state index in [1.165, 1.54) is 34.5 Å². The zero-order valence-electron chi connectivity index (χ0n) is 16.3. The van der Waals surface area contributed by atoms with Crippen LogP contribution in [0.2, 0.25) is 0 Å². The molecular formula is C20H24N4O2S. The van der Waals surface area contributed by atoms with E-state index in [1.807, 2.05) is 12.1 Å². The van der Waals surface area contributed by atoms with Crippen molar-refractivity contribution in [2.24, 2.45) is 20.0 Å². The normalized spacial score (nSPS) is 11.5. The van der Waals surface area contributed by atoms with Gasteiger partial charge in [-0.3, -0.25) is 13.9 Å². The van der Waals surface area contributed by atoms with Crippen LogP contribution in [0.5, 0.6) is 0 Å². The monoisotopic (exact) mass is 384 g/mol. The molecule has 0 aliphatic heterocycles.